The second-order valence-corrected chi connectivity index (χ2v) is 3.43. The number of rotatable bonds is 6. The number of methoxy groups -OCH3 is 1. The highest BCUT2D eigenvalue weighted by Crippen LogP contribution is 2.11. The van der Waals surface area contributed by atoms with E-state index < -0.39 is 0 Å². The maximum atomic E-state index is 5.44. The topological polar surface area (TPSA) is 18.5 Å². The Morgan fingerprint density at radius 1 is 1.21 bits per heavy atom. The minimum atomic E-state index is 0.664. The van der Waals surface area contributed by atoms with E-state index in [9.17, 15) is 0 Å². The van der Waals surface area contributed by atoms with Gasteiger partial charge in [-0.05, 0) is 29.9 Å². The highest BCUT2D eigenvalue weighted by atomic mass is 32.1. The molecule has 1 aromatic carbocycles. The van der Waals surface area contributed by atoms with E-state index in [4.69, 9.17) is 9.47 Å². The molecule has 0 N–H and O–H groups in total. The zero-order valence-corrected chi connectivity index (χ0v) is 9.30. The molecule has 1 aromatic rings. The summed E-state index contributed by atoms with van der Waals surface area (Å²) < 4.78 is 10.5. The van der Waals surface area contributed by atoms with Crippen LogP contribution in [0.25, 0.3) is 0 Å². The van der Waals surface area contributed by atoms with E-state index in [0.29, 0.717) is 6.61 Å². The van der Waals surface area contributed by atoms with Crippen LogP contribution in [0.2, 0.25) is 0 Å². The van der Waals surface area contributed by atoms with Crippen LogP contribution in [0.3, 0.4) is 0 Å². The molecule has 0 aromatic heterocycles. The van der Waals surface area contributed by atoms with E-state index in [2.05, 4.69) is 12.6 Å². The lowest BCUT2D eigenvalue weighted by molar-refractivity contribution is 0.122. The minimum absolute atomic E-state index is 0.664. The Morgan fingerprint density at radius 2 is 1.93 bits per heavy atom. The molecule has 0 aliphatic rings. The van der Waals surface area contributed by atoms with E-state index in [0.717, 1.165) is 24.5 Å². The van der Waals surface area contributed by atoms with Crippen molar-refractivity contribution in [2.45, 2.75) is 13.0 Å². The molecule has 0 atom stereocenters. The summed E-state index contributed by atoms with van der Waals surface area (Å²) in [5.41, 5.74) is 1.17. The summed E-state index contributed by atoms with van der Waals surface area (Å²) in [6.07, 6.45) is 0.999. The summed E-state index contributed by atoms with van der Waals surface area (Å²) in [6, 6.07) is 7.91. The summed E-state index contributed by atoms with van der Waals surface area (Å²) in [4.78, 5) is 0. The predicted molar refractivity (Wildman–Crippen MR) is 61.1 cm³/mol. The number of ether oxygens (including phenoxy) is 2. The van der Waals surface area contributed by atoms with Gasteiger partial charge in [-0.15, -0.1) is 0 Å². The molecule has 0 saturated carbocycles. The Morgan fingerprint density at radius 3 is 2.50 bits per heavy atom. The van der Waals surface area contributed by atoms with Crippen LogP contribution in [0, 0.1) is 0 Å². The van der Waals surface area contributed by atoms with Gasteiger partial charge in [0.05, 0.1) is 13.7 Å². The average molecular weight is 212 g/mol. The van der Waals surface area contributed by atoms with E-state index >= 15 is 0 Å². The third-order valence-corrected chi connectivity index (χ3v) is 2.19. The van der Waals surface area contributed by atoms with E-state index in [1.807, 2.05) is 24.3 Å². The first kappa shape index (κ1) is 11.4. The molecular formula is C11H16O2S. The third kappa shape index (κ3) is 4.03. The zero-order chi connectivity index (χ0) is 10.2. The molecule has 1 rings (SSSR count). The Bertz CT molecular complexity index is 246. The first-order valence-corrected chi connectivity index (χ1v) is 5.31. The molecule has 14 heavy (non-hydrogen) atoms. The first-order chi connectivity index (χ1) is 6.86. The van der Waals surface area contributed by atoms with Crippen molar-refractivity contribution in [2.24, 2.45) is 0 Å². The fourth-order valence-corrected chi connectivity index (χ4v) is 1.21. The van der Waals surface area contributed by atoms with Crippen molar-refractivity contribution < 1.29 is 9.47 Å². The monoisotopic (exact) mass is 212 g/mol. The van der Waals surface area contributed by atoms with Gasteiger partial charge in [0.25, 0.3) is 0 Å². The molecule has 3 heteroatoms. The summed E-state index contributed by atoms with van der Waals surface area (Å²) >= 11 is 4.11. The average Bonchev–Trinajstić information content (AvgIpc) is 2.25. The van der Waals surface area contributed by atoms with Gasteiger partial charge in [0.15, 0.2) is 0 Å². The summed E-state index contributed by atoms with van der Waals surface area (Å²) in [6.45, 7) is 1.44. The van der Waals surface area contributed by atoms with Crippen molar-refractivity contribution in [2.75, 3.05) is 19.5 Å². The number of thiol groups is 1. The highest BCUT2D eigenvalue weighted by molar-refractivity contribution is 7.80. The fourth-order valence-electron chi connectivity index (χ4n) is 1.08. The van der Waals surface area contributed by atoms with Crippen LogP contribution in [0.4, 0.5) is 0 Å². The molecule has 2 nitrogen and oxygen atoms in total. The lowest BCUT2D eigenvalue weighted by atomic mass is 10.2. The van der Waals surface area contributed by atoms with Crippen molar-refractivity contribution in [3.8, 4) is 5.75 Å². The molecule has 0 aliphatic heterocycles. The number of benzene rings is 1. The smallest absolute Gasteiger partial charge is 0.118 e. The van der Waals surface area contributed by atoms with Crippen LogP contribution in [-0.2, 0) is 11.3 Å². The van der Waals surface area contributed by atoms with Crippen LogP contribution in [0.15, 0.2) is 24.3 Å². The van der Waals surface area contributed by atoms with E-state index in [1.165, 1.54) is 5.56 Å². The Labute approximate surface area is 90.6 Å². The number of hydrogen-bond donors (Lipinski definition) is 1. The van der Waals surface area contributed by atoms with Gasteiger partial charge < -0.3 is 9.47 Å². The first-order valence-electron chi connectivity index (χ1n) is 4.68. The Kier molecular flexibility index (Phi) is 5.49. The van der Waals surface area contributed by atoms with Crippen molar-refractivity contribution in [3.63, 3.8) is 0 Å². The summed E-state index contributed by atoms with van der Waals surface area (Å²) in [7, 11) is 1.66. The normalized spacial score (nSPS) is 10.1. The number of hydrogen-bond acceptors (Lipinski definition) is 3. The molecule has 0 bridgehead atoms. The molecule has 0 unspecified atom stereocenters. The van der Waals surface area contributed by atoms with Gasteiger partial charge >= 0.3 is 0 Å². The molecule has 0 heterocycles. The van der Waals surface area contributed by atoms with Crippen LogP contribution in [0.1, 0.15) is 12.0 Å². The molecular weight excluding hydrogens is 196 g/mol. The zero-order valence-electron chi connectivity index (χ0n) is 8.40. The van der Waals surface area contributed by atoms with Crippen LogP contribution >= 0.6 is 12.6 Å². The lowest BCUT2D eigenvalue weighted by Gasteiger charge is -2.04. The molecule has 78 valence electrons. The van der Waals surface area contributed by atoms with Gasteiger partial charge in [-0.1, -0.05) is 12.1 Å². The van der Waals surface area contributed by atoms with Gasteiger partial charge in [-0.25, -0.2) is 0 Å². The standard InChI is InChI=1S/C11H16O2S/c1-12-11-5-3-10(4-6-11)9-13-7-2-8-14/h3-6,14H,2,7-9H2,1H3. The van der Waals surface area contributed by atoms with Crippen molar-refractivity contribution in [3.05, 3.63) is 29.8 Å². The van der Waals surface area contributed by atoms with Crippen LogP contribution in [-0.4, -0.2) is 19.5 Å². The maximum Gasteiger partial charge on any atom is 0.118 e. The minimum Gasteiger partial charge on any atom is -0.497 e. The molecule has 0 aliphatic carbocycles. The summed E-state index contributed by atoms with van der Waals surface area (Å²) in [5.74, 6) is 1.76. The van der Waals surface area contributed by atoms with Gasteiger partial charge in [0.1, 0.15) is 5.75 Å². The Hall–Kier alpha value is -0.670. The van der Waals surface area contributed by atoms with E-state index in [1.54, 1.807) is 7.11 Å². The molecule has 0 radical (unpaired) electrons. The fraction of sp³-hybridized carbons (Fsp3) is 0.455. The summed E-state index contributed by atoms with van der Waals surface area (Å²) in [5, 5.41) is 0. The van der Waals surface area contributed by atoms with Crippen LogP contribution < -0.4 is 4.74 Å². The maximum absolute atomic E-state index is 5.44. The molecule has 0 amide bonds. The van der Waals surface area contributed by atoms with Crippen molar-refractivity contribution in [1.29, 1.82) is 0 Å². The van der Waals surface area contributed by atoms with Gasteiger partial charge in [0, 0.05) is 6.61 Å². The highest BCUT2D eigenvalue weighted by Gasteiger charge is 1.94. The third-order valence-electron chi connectivity index (χ3n) is 1.87. The molecule has 0 fully saturated rings. The van der Waals surface area contributed by atoms with Crippen molar-refractivity contribution in [1.82, 2.24) is 0 Å². The van der Waals surface area contributed by atoms with Gasteiger partial charge in [-0.3, -0.25) is 0 Å². The quantitative estimate of drug-likeness (QED) is 0.577. The van der Waals surface area contributed by atoms with Crippen molar-refractivity contribution >= 4 is 12.6 Å². The second kappa shape index (κ2) is 6.74. The van der Waals surface area contributed by atoms with Gasteiger partial charge in [-0.2, -0.15) is 12.6 Å². The lowest BCUT2D eigenvalue weighted by Crippen LogP contribution is -1.96. The van der Waals surface area contributed by atoms with E-state index in [-0.39, 0.29) is 0 Å². The second-order valence-electron chi connectivity index (χ2n) is 2.98. The molecule has 0 saturated heterocycles. The largest absolute Gasteiger partial charge is 0.497 e. The SMILES string of the molecule is COc1ccc(COCCCS)cc1. The molecule has 0 spiro atoms. The Balaban J connectivity index is 2.29. The van der Waals surface area contributed by atoms with Crippen LogP contribution in [0.5, 0.6) is 5.75 Å². The predicted octanol–water partition coefficient (Wildman–Crippen LogP) is 2.53. The van der Waals surface area contributed by atoms with Gasteiger partial charge in [0.2, 0.25) is 0 Å².